The Kier molecular flexibility index (Phi) is 3.85. The average molecular weight is 269 g/mol. The summed E-state index contributed by atoms with van der Waals surface area (Å²) in [6.07, 6.45) is 1.51. The van der Waals surface area contributed by atoms with Gasteiger partial charge in [0.15, 0.2) is 0 Å². The van der Waals surface area contributed by atoms with E-state index in [0.29, 0.717) is 18.2 Å². The molecule has 1 aromatic heterocycles. The molecule has 1 atom stereocenters. The van der Waals surface area contributed by atoms with Crippen molar-refractivity contribution < 1.29 is 8.95 Å². The third kappa shape index (κ3) is 2.80. The minimum atomic E-state index is -0.770. The van der Waals surface area contributed by atoms with Gasteiger partial charge in [-0.25, -0.2) is 9.97 Å². The van der Waals surface area contributed by atoms with Crippen LogP contribution >= 0.6 is 0 Å². The monoisotopic (exact) mass is 269 g/mol. The standard InChI is InChI=1S/C12H19N3O2S/c1-4-17-11-7-10(13-9-14-11)15-5-6-18(16)12(2,3)8-15/h7,9H,4-6,8H2,1-3H3/t18-/m0/s1. The Labute approximate surface area is 110 Å². The second-order valence-electron chi connectivity index (χ2n) is 4.88. The Morgan fingerprint density at radius 3 is 2.94 bits per heavy atom. The second-order valence-corrected chi connectivity index (χ2v) is 7.08. The van der Waals surface area contributed by atoms with Crippen LogP contribution in [0.3, 0.4) is 0 Å². The van der Waals surface area contributed by atoms with Crippen LogP contribution in [0.5, 0.6) is 5.88 Å². The fourth-order valence-electron chi connectivity index (χ4n) is 2.01. The first-order valence-electron chi connectivity index (χ1n) is 6.11. The predicted octanol–water partition coefficient (Wildman–Crippen LogP) is 1.22. The topological polar surface area (TPSA) is 55.3 Å². The minimum Gasteiger partial charge on any atom is -0.478 e. The molecule has 0 amide bonds. The van der Waals surface area contributed by atoms with Crippen LogP contribution in [0.15, 0.2) is 12.4 Å². The van der Waals surface area contributed by atoms with Crippen molar-refractivity contribution in [2.24, 2.45) is 0 Å². The molecule has 5 nitrogen and oxygen atoms in total. The summed E-state index contributed by atoms with van der Waals surface area (Å²) in [6, 6.07) is 1.84. The van der Waals surface area contributed by atoms with Gasteiger partial charge in [0.05, 0.1) is 11.4 Å². The van der Waals surface area contributed by atoms with Crippen LogP contribution in [0.25, 0.3) is 0 Å². The summed E-state index contributed by atoms with van der Waals surface area (Å²) in [5, 5.41) is 0. The molecule has 1 aliphatic rings. The molecular weight excluding hydrogens is 250 g/mol. The Morgan fingerprint density at radius 2 is 2.28 bits per heavy atom. The third-order valence-electron chi connectivity index (χ3n) is 2.98. The highest BCUT2D eigenvalue weighted by molar-refractivity contribution is 7.86. The summed E-state index contributed by atoms with van der Waals surface area (Å²) in [5.74, 6) is 2.12. The third-order valence-corrected chi connectivity index (χ3v) is 4.89. The molecule has 1 aromatic rings. The molecule has 1 fully saturated rings. The molecule has 100 valence electrons. The highest BCUT2D eigenvalue weighted by Crippen LogP contribution is 2.25. The summed E-state index contributed by atoms with van der Waals surface area (Å²) in [6.45, 7) is 8.07. The number of rotatable bonds is 3. The van der Waals surface area contributed by atoms with Crippen molar-refractivity contribution in [1.82, 2.24) is 9.97 Å². The molecule has 1 aliphatic heterocycles. The number of nitrogens with zero attached hydrogens (tertiary/aromatic N) is 3. The average Bonchev–Trinajstić information content (AvgIpc) is 2.33. The van der Waals surface area contributed by atoms with Crippen molar-refractivity contribution in [3.63, 3.8) is 0 Å². The smallest absolute Gasteiger partial charge is 0.218 e. The fourth-order valence-corrected chi connectivity index (χ4v) is 3.24. The van der Waals surface area contributed by atoms with Crippen LogP contribution < -0.4 is 9.64 Å². The van der Waals surface area contributed by atoms with E-state index in [0.717, 1.165) is 18.9 Å². The van der Waals surface area contributed by atoms with Crippen molar-refractivity contribution in [2.45, 2.75) is 25.5 Å². The van der Waals surface area contributed by atoms with Gasteiger partial charge in [-0.3, -0.25) is 4.21 Å². The first-order valence-corrected chi connectivity index (χ1v) is 7.43. The summed E-state index contributed by atoms with van der Waals surface area (Å²) in [5.41, 5.74) is 0. The van der Waals surface area contributed by atoms with Gasteiger partial charge in [-0.1, -0.05) is 0 Å². The molecule has 0 N–H and O–H groups in total. The lowest BCUT2D eigenvalue weighted by Gasteiger charge is -2.37. The molecule has 0 bridgehead atoms. The van der Waals surface area contributed by atoms with Gasteiger partial charge in [0.25, 0.3) is 0 Å². The molecule has 0 unspecified atom stereocenters. The lowest BCUT2D eigenvalue weighted by molar-refractivity contribution is 0.326. The molecule has 0 aliphatic carbocycles. The highest BCUT2D eigenvalue weighted by atomic mass is 32.2. The molecule has 0 radical (unpaired) electrons. The number of hydrogen-bond donors (Lipinski definition) is 0. The van der Waals surface area contributed by atoms with Crippen LogP contribution in [-0.2, 0) is 10.8 Å². The van der Waals surface area contributed by atoms with E-state index in [9.17, 15) is 4.21 Å². The van der Waals surface area contributed by atoms with Crippen molar-refractivity contribution in [2.75, 3.05) is 30.3 Å². The normalized spacial score (nSPS) is 22.8. The summed E-state index contributed by atoms with van der Waals surface area (Å²) < 4.78 is 17.1. The summed E-state index contributed by atoms with van der Waals surface area (Å²) in [4.78, 5) is 10.5. The molecule has 0 aromatic carbocycles. The van der Waals surface area contributed by atoms with Gasteiger partial charge in [0.2, 0.25) is 5.88 Å². The van der Waals surface area contributed by atoms with E-state index >= 15 is 0 Å². The zero-order valence-corrected chi connectivity index (χ0v) is 11.9. The largest absolute Gasteiger partial charge is 0.478 e. The zero-order chi connectivity index (χ0) is 13.2. The first kappa shape index (κ1) is 13.3. The lowest BCUT2D eigenvalue weighted by Crippen LogP contribution is -2.50. The van der Waals surface area contributed by atoms with Gasteiger partial charge in [-0.05, 0) is 20.8 Å². The maximum Gasteiger partial charge on any atom is 0.218 e. The Hall–Kier alpha value is -1.17. The predicted molar refractivity (Wildman–Crippen MR) is 72.5 cm³/mol. The van der Waals surface area contributed by atoms with Crippen molar-refractivity contribution >= 4 is 16.6 Å². The van der Waals surface area contributed by atoms with E-state index in [1.807, 2.05) is 26.8 Å². The Bertz CT molecular complexity index is 451. The Balaban J connectivity index is 2.17. The van der Waals surface area contributed by atoms with Crippen molar-refractivity contribution in [3.05, 3.63) is 12.4 Å². The van der Waals surface area contributed by atoms with Gasteiger partial charge in [0.1, 0.15) is 12.1 Å². The number of anilines is 1. The van der Waals surface area contributed by atoms with Crippen LogP contribution in [0, 0.1) is 0 Å². The second kappa shape index (κ2) is 5.22. The van der Waals surface area contributed by atoms with E-state index in [4.69, 9.17) is 4.74 Å². The van der Waals surface area contributed by atoms with Crippen LogP contribution in [-0.4, -0.2) is 44.4 Å². The maximum absolute atomic E-state index is 11.9. The Morgan fingerprint density at radius 1 is 1.50 bits per heavy atom. The summed E-state index contributed by atoms with van der Waals surface area (Å²) in [7, 11) is -0.770. The maximum atomic E-state index is 11.9. The quantitative estimate of drug-likeness (QED) is 0.826. The molecule has 2 rings (SSSR count). The van der Waals surface area contributed by atoms with Gasteiger partial charge < -0.3 is 9.64 Å². The van der Waals surface area contributed by atoms with Crippen LogP contribution in [0.2, 0.25) is 0 Å². The zero-order valence-electron chi connectivity index (χ0n) is 11.0. The molecule has 18 heavy (non-hydrogen) atoms. The van der Waals surface area contributed by atoms with Crippen molar-refractivity contribution in [1.29, 1.82) is 0 Å². The molecule has 6 heteroatoms. The number of hydrogen-bond acceptors (Lipinski definition) is 5. The van der Waals surface area contributed by atoms with E-state index < -0.39 is 10.8 Å². The van der Waals surface area contributed by atoms with Crippen LogP contribution in [0.4, 0.5) is 5.82 Å². The van der Waals surface area contributed by atoms with E-state index in [2.05, 4.69) is 14.9 Å². The molecular formula is C12H19N3O2S. The fraction of sp³-hybridized carbons (Fsp3) is 0.667. The van der Waals surface area contributed by atoms with Gasteiger partial charge in [-0.2, -0.15) is 0 Å². The van der Waals surface area contributed by atoms with Gasteiger partial charge in [-0.15, -0.1) is 0 Å². The molecule has 2 heterocycles. The number of ether oxygens (including phenoxy) is 1. The van der Waals surface area contributed by atoms with Gasteiger partial charge in [0, 0.05) is 35.7 Å². The highest BCUT2D eigenvalue weighted by Gasteiger charge is 2.33. The summed E-state index contributed by atoms with van der Waals surface area (Å²) >= 11 is 0. The van der Waals surface area contributed by atoms with Crippen LogP contribution in [0.1, 0.15) is 20.8 Å². The first-order chi connectivity index (χ1) is 8.53. The van der Waals surface area contributed by atoms with Gasteiger partial charge >= 0.3 is 0 Å². The van der Waals surface area contributed by atoms with Crippen molar-refractivity contribution in [3.8, 4) is 5.88 Å². The van der Waals surface area contributed by atoms with E-state index in [-0.39, 0.29) is 4.75 Å². The van der Waals surface area contributed by atoms with E-state index in [1.165, 1.54) is 6.33 Å². The molecule has 0 saturated carbocycles. The number of aromatic nitrogens is 2. The SMILES string of the molecule is CCOc1cc(N2CC[S@](=O)C(C)(C)C2)ncn1. The minimum absolute atomic E-state index is 0.199. The van der Waals surface area contributed by atoms with E-state index in [1.54, 1.807) is 0 Å². The lowest BCUT2D eigenvalue weighted by atomic mass is 10.2. The molecule has 0 spiro atoms. The molecule has 1 saturated heterocycles.